The zero-order chi connectivity index (χ0) is 17.0. The van der Waals surface area contributed by atoms with Crippen molar-refractivity contribution in [3.05, 3.63) is 69.7 Å². The number of benzene rings is 1. The Kier molecular flexibility index (Phi) is 5.24. The summed E-state index contributed by atoms with van der Waals surface area (Å²) in [6.45, 7) is 5.21. The highest BCUT2D eigenvalue weighted by molar-refractivity contribution is 9.10. The number of carbonyl (C=O) groups is 1. The Bertz CT molecular complexity index is 742. The van der Waals surface area contributed by atoms with Crippen molar-refractivity contribution >= 4 is 21.9 Å². The number of allylic oxidation sites excluding steroid dienone is 2. The molecule has 1 aliphatic rings. The highest BCUT2D eigenvalue weighted by atomic mass is 79.9. The minimum atomic E-state index is -0.626. The van der Waals surface area contributed by atoms with E-state index in [0.29, 0.717) is 5.76 Å². The van der Waals surface area contributed by atoms with Gasteiger partial charge in [0.25, 0.3) is 0 Å². The third-order valence-corrected chi connectivity index (χ3v) is 3.89. The van der Waals surface area contributed by atoms with Gasteiger partial charge in [-0.15, -0.1) is 0 Å². The quantitative estimate of drug-likeness (QED) is 0.645. The van der Waals surface area contributed by atoms with Crippen molar-refractivity contribution in [2.24, 2.45) is 5.73 Å². The van der Waals surface area contributed by atoms with Gasteiger partial charge in [-0.2, -0.15) is 5.26 Å². The fourth-order valence-corrected chi connectivity index (χ4v) is 2.61. The predicted octanol–water partition coefficient (Wildman–Crippen LogP) is 3.26. The fourth-order valence-electron chi connectivity index (χ4n) is 2.35. The van der Waals surface area contributed by atoms with Gasteiger partial charge in [0.15, 0.2) is 0 Å². The van der Waals surface area contributed by atoms with E-state index in [-0.39, 0.29) is 23.6 Å². The first kappa shape index (κ1) is 16.8. The molecule has 5 nitrogen and oxygen atoms in total. The molecule has 2 N–H and O–H groups in total. The van der Waals surface area contributed by atoms with Gasteiger partial charge in [0.05, 0.1) is 11.5 Å². The minimum Gasteiger partial charge on any atom is -0.458 e. The second kappa shape index (κ2) is 7.16. The van der Waals surface area contributed by atoms with E-state index in [4.69, 9.17) is 15.2 Å². The second-order valence-corrected chi connectivity index (χ2v) is 5.75. The third-order valence-electron chi connectivity index (χ3n) is 3.36. The maximum absolute atomic E-state index is 12.4. The number of esters is 1. The van der Waals surface area contributed by atoms with E-state index in [9.17, 15) is 10.1 Å². The molecule has 2 rings (SSSR count). The van der Waals surface area contributed by atoms with E-state index < -0.39 is 11.9 Å². The smallest absolute Gasteiger partial charge is 0.338 e. The Morgan fingerprint density at radius 1 is 1.52 bits per heavy atom. The van der Waals surface area contributed by atoms with Crippen LogP contribution in [0.25, 0.3) is 0 Å². The van der Waals surface area contributed by atoms with Crippen LogP contribution in [0.5, 0.6) is 0 Å². The van der Waals surface area contributed by atoms with Crippen LogP contribution in [0.1, 0.15) is 18.4 Å². The maximum atomic E-state index is 12.4. The first-order valence-electron chi connectivity index (χ1n) is 6.81. The fraction of sp³-hybridized carbons (Fsp3) is 0.176. The molecule has 6 heteroatoms. The SMILES string of the molecule is C=CCOC(=O)C1=C(C)OC(N)=C(C#N)[C@@H]1c1ccc(Br)cc1. The molecule has 1 aliphatic heterocycles. The topological polar surface area (TPSA) is 85.3 Å². The molecule has 0 saturated carbocycles. The molecule has 0 unspecified atom stereocenters. The molecule has 0 bridgehead atoms. The Morgan fingerprint density at radius 2 is 2.17 bits per heavy atom. The molecule has 0 spiro atoms. The van der Waals surface area contributed by atoms with Crippen molar-refractivity contribution in [1.82, 2.24) is 0 Å². The van der Waals surface area contributed by atoms with Crippen LogP contribution in [0, 0.1) is 11.3 Å². The third kappa shape index (κ3) is 3.46. The van der Waals surface area contributed by atoms with Gasteiger partial charge in [0.2, 0.25) is 5.88 Å². The lowest BCUT2D eigenvalue weighted by molar-refractivity contribution is -0.138. The summed E-state index contributed by atoms with van der Waals surface area (Å²) in [6.07, 6.45) is 1.47. The number of ether oxygens (including phenoxy) is 2. The summed E-state index contributed by atoms with van der Waals surface area (Å²) in [5.41, 5.74) is 7.02. The highest BCUT2D eigenvalue weighted by Gasteiger charge is 2.36. The molecule has 1 heterocycles. The zero-order valence-corrected chi connectivity index (χ0v) is 14.1. The lowest BCUT2D eigenvalue weighted by atomic mass is 9.83. The van der Waals surface area contributed by atoms with Crippen LogP contribution >= 0.6 is 15.9 Å². The molecule has 0 saturated heterocycles. The van der Waals surface area contributed by atoms with Crippen molar-refractivity contribution in [3.8, 4) is 6.07 Å². The van der Waals surface area contributed by atoms with Gasteiger partial charge in [-0.25, -0.2) is 4.79 Å². The summed E-state index contributed by atoms with van der Waals surface area (Å²) in [5, 5.41) is 9.44. The van der Waals surface area contributed by atoms with Gasteiger partial charge in [0, 0.05) is 4.47 Å². The first-order valence-corrected chi connectivity index (χ1v) is 7.60. The molecule has 0 amide bonds. The molecule has 0 aromatic heterocycles. The van der Waals surface area contributed by atoms with E-state index >= 15 is 0 Å². The number of hydrogen-bond acceptors (Lipinski definition) is 5. The average Bonchev–Trinajstić information content (AvgIpc) is 2.52. The predicted molar refractivity (Wildman–Crippen MR) is 88.7 cm³/mol. The lowest BCUT2D eigenvalue weighted by Crippen LogP contribution is -2.25. The standard InChI is InChI=1S/C17H15BrN2O3/c1-3-8-22-17(21)14-10(2)23-16(20)13(9-19)15(14)11-4-6-12(18)7-5-11/h3-7,15H,1,8,20H2,2H3/t15-/m0/s1. The van der Waals surface area contributed by atoms with Crippen LogP contribution in [0.15, 0.2) is 64.2 Å². The van der Waals surface area contributed by atoms with Crippen molar-refractivity contribution in [2.75, 3.05) is 6.61 Å². The summed E-state index contributed by atoms with van der Waals surface area (Å²) >= 11 is 3.36. The monoisotopic (exact) mass is 374 g/mol. The second-order valence-electron chi connectivity index (χ2n) is 4.83. The van der Waals surface area contributed by atoms with Gasteiger partial charge < -0.3 is 15.2 Å². The van der Waals surface area contributed by atoms with Gasteiger partial charge in [0.1, 0.15) is 24.0 Å². The van der Waals surface area contributed by atoms with Crippen LogP contribution < -0.4 is 5.73 Å². The van der Waals surface area contributed by atoms with Crippen molar-refractivity contribution < 1.29 is 14.3 Å². The zero-order valence-electron chi connectivity index (χ0n) is 12.5. The summed E-state index contributed by atoms with van der Waals surface area (Å²) in [7, 11) is 0. The van der Waals surface area contributed by atoms with E-state index in [0.717, 1.165) is 10.0 Å². The van der Waals surface area contributed by atoms with Crippen LogP contribution in [-0.2, 0) is 14.3 Å². The maximum Gasteiger partial charge on any atom is 0.338 e. The number of rotatable bonds is 4. The van der Waals surface area contributed by atoms with Gasteiger partial charge in [-0.1, -0.05) is 40.7 Å². The van der Waals surface area contributed by atoms with E-state index in [2.05, 4.69) is 22.5 Å². The Balaban J connectivity index is 2.54. The minimum absolute atomic E-state index is 0.00168. The molecule has 1 atom stereocenters. The number of nitrogens with zero attached hydrogens (tertiary/aromatic N) is 1. The van der Waals surface area contributed by atoms with Crippen LogP contribution in [0.4, 0.5) is 0 Å². The molecule has 1 aromatic carbocycles. The number of hydrogen-bond donors (Lipinski definition) is 1. The largest absolute Gasteiger partial charge is 0.458 e. The number of carbonyl (C=O) groups excluding carboxylic acids is 1. The molecular formula is C17H15BrN2O3. The summed E-state index contributed by atoms with van der Waals surface area (Å²) in [6, 6.07) is 9.33. The van der Waals surface area contributed by atoms with Crippen LogP contribution in [-0.4, -0.2) is 12.6 Å². The summed E-state index contributed by atoms with van der Waals surface area (Å²) in [5.74, 6) is -0.864. The molecule has 1 aromatic rings. The summed E-state index contributed by atoms with van der Waals surface area (Å²) < 4.78 is 11.4. The van der Waals surface area contributed by atoms with E-state index in [1.807, 2.05) is 30.3 Å². The number of nitrogens with two attached hydrogens (primary N) is 1. The van der Waals surface area contributed by atoms with Crippen molar-refractivity contribution in [1.29, 1.82) is 5.26 Å². The van der Waals surface area contributed by atoms with Gasteiger partial charge >= 0.3 is 5.97 Å². The molecular weight excluding hydrogens is 360 g/mol. The Morgan fingerprint density at radius 3 is 2.74 bits per heavy atom. The molecule has 118 valence electrons. The first-order chi connectivity index (χ1) is 11.0. The highest BCUT2D eigenvalue weighted by Crippen LogP contribution is 2.39. The van der Waals surface area contributed by atoms with Crippen LogP contribution in [0.2, 0.25) is 0 Å². The molecule has 0 fully saturated rings. The Hall–Kier alpha value is -2.52. The van der Waals surface area contributed by atoms with Crippen molar-refractivity contribution in [3.63, 3.8) is 0 Å². The average molecular weight is 375 g/mol. The van der Waals surface area contributed by atoms with Crippen molar-refractivity contribution in [2.45, 2.75) is 12.8 Å². The Labute approximate surface area is 142 Å². The molecule has 23 heavy (non-hydrogen) atoms. The van der Waals surface area contributed by atoms with Gasteiger partial charge in [-0.05, 0) is 24.6 Å². The van der Waals surface area contributed by atoms with E-state index in [1.54, 1.807) is 6.92 Å². The summed E-state index contributed by atoms with van der Waals surface area (Å²) in [4.78, 5) is 12.4. The van der Waals surface area contributed by atoms with Gasteiger partial charge in [-0.3, -0.25) is 0 Å². The lowest BCUT2D eigenvalue weighted by Gasteiger charge is -2.26. The number of halogens is 1. The van der Waals surface area contributed by atoms with Crippen LogP contribution in [0.3, 0.4) is 0 Å². The molecule has 0 aliphatic carbocycles. The van der Waals surface area contributed by atoms with E-state index in [1.165, 1.54) is 6.08 Å². The normalized spacial score (nSPS) is 17.3. The number of nitriles is 1. The molecule has 0 radical (unpaired) electrons.